The number of halogens is 2. The van der Waals surface area contributed by atoms with Gasteiger partial charge in [0, 0.05) is 60.7 Å². The maximum absolute atomic E-state index is 15.1. The van der Waals surface area contributed by atoms with E-state index in [4.69, 9.17) is 5.73 Å². The Hall–Kier alpha value is -3.52. The number of nitrogens with two attached hydrogens (primary N) is 1. The van der Waals surface area contributed by atoms with E-state index in [-0.39, 0.29) is 22.9 Å². The molecule has 1 aliphatic carbocycles. The molecule has 0 bridgehead atoms. The summed E-state index contributed by atoms with van der Waals surface area (Å²) in [4.78, 5) is 20.9. The lowest BCUT2D eigenvalue weighted by Crippen LogP contribution is -2.46. The Bertz CT molecular complexity index is 1330. The van der Waals surface area contributed by atoms with Gasteiger partial charge in [-0.3, -0.25) is 9.69 Å². The predicted octanol–water partition coefficient (Wildman–Crippen LogP) is 4.48. The molecule has 3 aliphatic rings. The first-order chi connectivity index (χ1) is 18.0. The second-order valence-corrected chi connectivity index (χ2v) is 10.4. The first-order valence-electron chi connectivity index (χ1n) is 13.1. The average Bonchev–Trinajstić information content (AvgIpc) is 3.73. The van der Waals surface area contributed by atoms with Crippen molar-refractivity contribution in [1.29, 1.82) is 0 Å². The number of anilines is 2. The van der Waals surface area contributed by atoms with Crippen LogP contribution in [-0.2, 0) is 6.42 Å². The summed E-state index contributed by atoms with van der Waals surface area (Å²) in [6, 6.07) is 12.2. The van der Waals surface area contributed by atoms with Crippen molar-refractivity contribution in [3.63, 3.8) is 0 Å². The van der Waals surface area contributed by atoms with Crippen LogP contribution < -0.4 is 16.0 Å². The summed E-state index contributed by atoms with van der Waals surface area (Å²) in [5.74, 6) is -0.710. The fourth-order valence-corrected chi connectivity index (χ4v) is 5.42. The first kappa shape index (κ1) is 23.9. The van der Waals surface area contributed by atoms with Gasteiger partial charge in [0.15, 0.2) is 0 Å². The average molecular weight is 504 g/mol. The summed E-state index contributed by atoms with van der Waals surface area (Å²) in [7, 11) is 0. The van der Waals surface area contributed by atoms with E-state index in [9.17, 15) is 9.18 Å². The van der Waals surface area contributed by atoms with Crippen LogP contribution in [0.5, 0.6) is 0 Å². The number of pyridine rings is 1. The minimum Gasteiger partial charge on any atom is -0.383 e. The van der Waals surface area contributed by atoms with E-state index < -0.39 is 11.8 Å². The molecule has 2 aliphatic heterocycles. The Balaban J connectivity index is 1.22. The molecule has 6 rings (SSSR count). The molecule has 192 valence electrons. The standard InChI is InChI=1S/C29H31F2N5O/c30-26-17-23-20(7-9-33-29(23)37)15-24(26)25-16-22(27(31)34-28(25)32)19-3-5-21(6-4-19)36-13-11-35(12-14-36)10-8-18-1-2-18/h3-6,15-18H,1-2,7-14H2,(H2,32,34)(H,33,37). The summed E-state index contributed by atoms with van der Waals surface area (Å²) in [6.07, 6.45) is 4.71. The molecule has 2 aromatic carbocycles. The third-order valence-corrected chi connectivity index (χ3v) is 7.88. The van der Waals surface area contributed by atoms with Crippen molar-refractivity contribution in [2.45, 2.75) is 25.7 Å². The molecular weight excluding hydrogens is 472 g/mol. The molecule has 0 radical (unpaired) electrons. The molecule has 6 nitrogen and oxygen atoms in total. The summed E-state index contributed by atoms with van der Waals surface area (Å²) in [6.45, 7) is 5.75. The van der Waals surface area contributed by atoms with Gasteiger partial charge in [-0.25, -0.2) is 9.37 Å². The van der Waals surface area contributed by atoms with Crippen LogP contribution >= 0.6 is 0 Å². The number of carbonyl (C=O) groups excluding carboxylic acids is 1. The number of amides is 1. The fraction of sp³-hybridized carbons (Fsp3) is 0.379. The van der Waals surface area contributed by atoms with Crippen LogP contribution in [0.2, 0.25) is 0 Å². The highest BCUT2D eigenvalue weighted by atomic mass is 19.1. The third-order valence-electron chi connectivity index (χ3n) is 7.88. The van der Waals surface area contributed by atoms with E-state index in [1.807, 2.05) is 24.3 Å². The van der Waals surface area contributed by atoms with E-state index in [2.05, 4.69) is 20.1 Å². The quantitative estimate of drug-likeness (QED) is 0.485. The second-order valence-electron chi connectivity index (χ2n) is 10.4. The monoisotopic (exact) mass is 503 g/mol. The van der Waals surface area contributed by atoms with Gasteiger partial charge in [0.25, 0.3) is 5.91 Å². The van der Waals surface area contributed by atoms with Crippen molar-refractivity contribution in [2.75, 3.05) is 49.9 Å². The van der Waals surface area contributed by atoms with Crippen LogP contribution in [0, 0.1) is 17.7 Å². The van der Waals surface area contributed by atoms with Crippen LogP contribution in [0.4, 0.5) is 20.3 Å². The Kier molecular flexibility index (Phi) is 6.28. The van der Waals surface area contributed by atoms with E-state index in [1.54, 1.807) is 12.1 Å². The van der Waals surface area contributed by atoms with Crippen LogP contribution in [0.1, 0.15) is 35.2 Å². The van der Waals surface area contributed by atoms with Crippen LogP contribution in [0.3, 0.4) is 0 Å². The van der Waals surface area contributed by atoms with Crippen molar-refractivity contribution < 1.29 is 13.6 Å². The van der Waals surface area contributed by atoms with Crippen molar-refractivity contribution in [2.24, 2.45) is 5.92 Å². The number of nitrogens with zero attached hydrogens (tertiary/aromatic N) is 3. The molecule has 3 aromatic rings. The zero-order valence-corrected chi connectivity index (χ0v) is 20.8. The minimum atomic E-state index is -0.698. The summed E-state index contributed by atoms with van der Waals surface area (Å²) >= 11 is 0. The molecule has 8 heteroatoms. The van der Waals surface area contributed by atoms with Crippen LogP contribution in [0.15, 0.2) is 42.5 Å². The lowest BCUT2D eigenvalue weighted by atomic mass is 9.93. The number of hydrogen-bond acceptors (Lipinski definition) is 5. The van der Waals surface area contributed by atoms with Gasteiger partial charge in [0.1, 0.15) is 11.6 Å². The van der Waals surface area contributed by atoms with Gasteiger partial charge in [0.2, 0.25) is 5.95 Å². The van der Waals surface area contributed by atoms with E-state index in [0.29, 0.717) is 29.7 Å². The fourth-order valence-electron chi connectivity index (χ4n) is 5.42. The molecule has 37 heavy (non-hydrogen) atoms. The van der Waals surface area contributed by atoms with Crippen molar-refractivity contribution >= 4 is 17.4 Å². The van der Waals surface area contributed by atoms with Gasteiger partial charge in [0.05, 0.1) is 0 Å². The van der Waals surface area contributed by atoms with Gasteiger partial charge in [-0.2, -0.15) is 4.39 Å². The highest BCUT2D eigenvalue weighted by Gasteiger charge is 2.25. The van der Waals surface area contributed by atoms with E-state index in [1.165, 1.54) is 31.9 Å². The largest absolute Gasteiger partial charge is 0.383 e. The third kappa shape index (κ3) is 4.90. The van der Waals surface area contributed by atoms with Crippen molar-refractivity contribution in [1.82, 2.24) is 15.2 Å². The lowest BCUT2D eigenvalue weighted by molar-refractivity contribution is 0.0945. The molecule has 0 unspecified atom stereocenters. The number of aromatic nitrogens is 1. The Morgan fingerprint density at radius 2 is 1.70 bits per heavy atom. The highest BCUT2D eigenvalue weighted by molar-refractivity contribution is 5.97. The van der Waals surface area contributed by atoms with Crippen LogP contribution in [-0.4, -0.2) is 55.1 Å². The van der Waals surface area contributed by atoms with Gasteiger partial charge in [-0.05, 0) is 66.8 Å². The minimum absolute atomic E-state index is 0.0865. The molecule has 2 fully saturated rings. The Morgan fingerprint density at radius 3 is 2.43 bits per heavy atom. The zero-order valence-electron chi connectivity index (χ0n) is 20.8. The lowest BCUT2D eigenvalue weighted by Gasteiger charge is -2.36. The number of nitrogen functional groups attached to an aromatic ring is 1. The summed E-state index contributed by atoms with van der Waals surface area (Å²) < 4.78 is 30.0. The Morgan fingerprint density at radius 1 is 0.946 bits per heavy atom. The van der Waals surface area contributed by atoms with Crippen molar-refractivity contribution in [3.8, 4) is 22.3 Å². The number of hydrogen-bond donors (Lipinski definition) is 2. The van der Waals surface area contributed by atoms with Gasteiger partial charge in [-0.15, -0.1) is 0 Å². The van der Waals surface area contributed by atoms with Gasteiger partial charge in [-0.1, -0.05) is 25.0 Å². The molecule has 3 heterocycles. The number of rotatable bonds is 6. The van der Waals surface area contributed by atoms with Crippen LogP contribution in [0.25, 0.3) is 22.3 Å². The molecule has 0 spiro atoms. The van der Waals surface area contributed by atoms with Gasteiger partial charge >= 0.3 is 0 Å². The van der Waals surface area contributed by atoms with Gasteiger partial charge < -0.3 is 16.0 Å². The SMILES string of the molecule is Nc1nc(F)c(-c2ccc(N3CCN(CCC4CC4)CC3)cc2)cc1-c1cc2c(cc1F)C(=O)NCC2. The number of benzene rings is 2. The van der Waals surface area contributed by atoms with E-state index in [0.717, 1.165) is 43.3 Å². The highest BCUT2D eigenvalue weighted by Crippen LogP contribution is 2.36. The number of nitrogens with one attached hydrogen (secondary N) is 1. The molecule has 1 amide bonds. The van der Waals surface area contributed by atoms with Crippen molar-refractivity contribution in [3.05, 3.63) is 65.4 Å². The number of fused-ring (bicyclic) bond motifs is 1. The molecule has 1 saturated carbocycles. The molecule has 0 atom stereocenters. The molecular formula is C29H31F2N5O. The summed E-state index contributed by atoms with van der Waals surface area (Å²) in [5, 5.41) is 2.72. The smallest absolute Gasteiger partial charge is 0.251 e. The van der Waals surface area contributed by atoms with E-state index >= 15 is 4.39 Å². The first-order valence-corrected chi connectivity index (χ1v) is 13.1. The molecule has 1 aromatic heterocycles. The number of carbonyl (C=O) groups is 1. The normalized spacial score (nSPS) is 18.0. The predicted molar refractivity (Wildman–Crippen MR) is 141 cm³/mol. The number of piperazine rings is 1. The summed E-state index contributed by atoms with van der Waals surface area (Å²) in [5.41, 5.74) is 9.64. The second kappa shape index (κ2) is 9.74. The zero-order chi connectivity index (χ0) is 25.5. The Labute approximate surface area is 215 Å². The maximum atomic E-state index is 15.1. The topological polar surface area (TPSA) is 74.5 Å². The molecule has 3 N–H and O–H groups in total. The molecule has 1 saturated heterocycles. The maximum Gasteiger partial charge on any atom is 0.251 e.